The van der Waals surface area contributed by atoms with E-state index in [9.17, 15) is 27.2 Å². The summed E-state index contributed by atoms with van der Waals surface area (Å²) in [5.41, 5.74) is -1.34. The third-order valence-corrected chi connectivity index (χ3v) is 9.22. The zero-order valence-corrected chi connectivity index (χ0v) is 26.5. The number of amides is 1. The number of hydrogen-bond donors (Lipinski definition) is 2. The van der Waals surface area contributed by atoms with Gasteiger partial charge in [-0.3, -0.25) is 9.59 Å². The highest BCUT2D eigenvalue weighted by Gasteiger charge is 2.39. The predicted molar refractivity (Wildman–Crippen MR) is 169 cm³/mol. The van der Waals surface area contributed by atoms with Crippen molar-refractivity contribution in [3.8, 4) is 16.9 Å². The second-order valence-corrected chi connectivity index (χ2v) is 12.6. The number of nitrogens with one attached hydrogen (secondary N) is 2. The standard InChI is InChI=1S/C35H29F6N5O3/c1-17-43-29-25(45(17)3)16-21(35(39,40)41)27-20-5-4-11-46-26(15-18(30(20)46)7-12-49-32(27)29)31(47)19-13-23(37)28(24(38)14-19)44-33(48)22(36)6-10-42-34(2)8-9-34/h4-6,11,13-16,42H,7-10,12H2,1-3H3,(H,44,48)/b22-6-. The Morgan fingerprint density at radius 1 is 1.12 bits per heavy atom. The first-order valence-corrected chi connectivity index (χ1v) is 15.5. The highest BCUT2D eigenvalue weighted by molar-refractivity contribution is 6.10. The number of ketones is 1. The highest BCUT2D eigenvalue weighted by Crippen LogP contribution is 2.48. The van der Waals surface area contributed by atoms with Gasteiger partial charge in [0.2, 0.25) is 5.78 Å². The van der Waals surface area contributed by atoms with E-state index in [1.54, 1.807) is 18.5 Å². The number of rotatable bonds is 7. The summed E-state index contributed by atoms with van der Waals surface area (Å²) >= 11 is 0. The molecule has 1 aliphatic carbocycles. The Hall–Kier alpha value is -5.11. The fourth-order valence-corrected chi connectivity index (χ4v) is 6.20. The molecule has 0 radical (unpaired) electrons. The van der Waals surface area contributed by atoms with Gasteiger partial charge in [-0.1, -0.05) is 6.07 Å². The number of aryl methyl sites for hydroxylation is 2. The molecule has 1 saturated carbocycles. The number of anilines is 1. The zero-order chi connectivity index (χ0) is 35.0. The van der Waals surface area contributed by atoms with Gasteiger partial charge in [-0.05, 0) is 68.7 Å². The van der Waals surface area contributed by atoms with Crippen molar-refractivity contribution in [2.45, 2.75) is 44.8 Å². The summed E-state index contributed by atoms with van der Waals surface area (Å²) in [5.74, 6) is -5.64. The van der Waals surface area contributed by atoms with Crippen LogP contribution in [0.25, 0.3) is 27.7 Å². The first-order chi connectivity index (χ1) is 23.2. The molecule has 5 aromatic rings. The molecule has 49 heavy (non-hydrogen) atoms. The molecule has 0 atom stereocenters. The Morgan fingerprint density at radius 2 is 1.84 bits per heavy atom. The Bertz CT molecular complexity index is 2220. The molecule has 1 aliphatic heterocycles. The maximum absolute atomic E-state index is 15.2. The molecular formula is C35H29F6N5O3. The molecule has 8 nitrogen and oxygen atoms in total. The number of carbonyl (C=O) groups is 2. The van der Waals surface area contributed by atoms with Crippen molar-refractivity contribution in [3.05, 3.63) is 94.3 Å². The number of ether oxygens (including phenoxy) is 1. The van der Waals surface area contributed by atoms with Crippen LogP contribution in [0.5, 0.6) is 5.75 Å². The Balaban J connectivity index is 1.27. The second kappa shape index (κ2) is 11.5. The summed E-state index contributed by atoms with van der Waals surface area (Å²) < 4.78 is 97.6. The first-order valence-electron chi connectivity index (χ1n) is 15.5. The minimum atomic E-state index is -4.78. The highest BCUT2D eigenvalue weighted by atomic mass is 19.4. The van der Waals surface area contributed by atoms with Crippen molar-refractivity contribution in [1.82, 2.24) is 19.3 Å². The molecule has 4 heterocycles. The van der Waals surface area contributed by atoms with E-state index in [0.29, 0.717) is 29.0 Å². The van der Waals surface area contributed by atoms with Crippen LogP contribution in [0, 0.1) is 18.6 Å². The lowest BCUT2D eigenvalue weighted by atomic mass is 9.94. The van der Waals surface area contributed by atoms with E-state index in [-0.39, 0.29) is 58.7 Å². The van der Waals surface area contributed by atoms with E-state index in [4.69, 9.17) is 4.74 Å². The third-order valence-electron chi connectivity index (χ3n) is 9.22. The molecule has 7 rings (SSSR count). The number of nitrogens with zero attached hydrogens (tertiary/aromatic N) is 3. The maximum atomic E-state index is 15.2. The van der Waals surface area contributed by atoms with E-state index < -0.39 is 52.1 Å². The average molecular weight is 682 g/mol. The number of hydrogen-bond acceptors (Lipinski definition) is 5. The molecule has 0 saturated heterocycles. The molecule has 1 fully saturated rings. The smallest absolute Gasteiger partial charge is 0.417 e. The van der Waals surface area contributed by atoms with Gasteiger partial charge in [-0.15, -0.1) is 0 Å². The Morgan fingerprint density at radius 3 is 2.51 bits per heavy atom. The molecule has 254 valence electrons. The van der Waals surface area contributed by atoms with Crippen LogP contribution in [0.2, 0.25) is 0 Å². The van der Waals surface area contributed by atoms with Crippen LogP contribution in [0.15, 0.2) is 54.5 Å². The SMILES string of the molecule is Cc1nc2c3c(c(C(F)(F)F)cc2n1C)-c1cccn2c(C(=O)c4cc(F)c(NC(=O)/C(F)=C/CNC5(C)CC5)c(F)c4)cc(c12)CCO3. The topological polar surface area (TPSA) is 89.7 Å². The summed E-state index contributed by atoms with van der Waals surface area (Å²) in [5, 5.41) is 4.93. The number of alkyl halides is 3. The Kier molecular flexibility index (Phi) is 7.61. The number of benzene rings is 2. The molecule has 0 spiro atoms. The molecule has 3 aromatic heterocycles. The van der Waals surface area contributed by atoms with Crippen LogP contribution in [-0.4, -0.2) is 44.3 Å². The third kappa shape index (κ3) is 5.63. The molecule has 0 bridgehead atoms. The van der Waals surface area contributed by atoms with E-state index in [1.165, 1.54) is 28.8 Å². The van der Waals surface area contributed by atoms with Crippen molar-refractivity contribution in [2.75, 3.05) is 18.5 Å². The lowest BCUT2D eigenvalue weighted by Crippen LogP contribution is -2.28. The van der Waals surface area contributed by atoms with Crippen molar-refractivity contribution in [2.24, 2.45) is 7.05 Å². The largest absolute Gasteiger partial charge is 0.490 e. The van der Waals surface area contributed by atoms with Gasteiger partial charge in [-0.2, -0.15) is 13.2 Å². The quantitative estimate of drug-likeness (QED) is 0.108. The van der Waals surface area contributed by atoms with Crippen LogP contribution in [-0.2, 0) is 24.4 Å². The van der Waals surface area contributed by atoms with Crippen LogP contribution in [0.3, 0.4) is 0 Å². The molecule has 2 aromatic carbocycles. The van der Waals surface area contributed by atoms with E-state index in [1.807, 2.05) is 12.2 Å². The number of aromatic nitrogens is 3. The fourth-order valence-electron chi connectivity index (χ4n) is 6.20. The van der Waals surface area contributed by atoms with E-state index in [0.717, 1.165) is 25.0 Å². The number of fused-ring (bicyclic) bond motifs is 4. The molecule has 2 N–H and O–H groups in total. The van der Waals surface area contributed by atoms with Crippen LogP contribution in [0.4, 0.5) is 32.0 Å². The van der Waals surface area contributed by atoms with Gasteiger partial charge in [0.25, 0.3) is 5.91 Å². The predicted octanol–water partition coefficient (Wildman–Crippen LogP) is 7.20. The van der Waals surface area contributed by atoms with Gasteiger partial charge < -0.3 is 24.3 Å². The molecule has 0 unspecified atom stereocenters. The lowest BCUT2D eigenvalue weighted by molar-refractivity contribution is -0.137. The maximum Gasteiger partial charge on any atom is 0.417 e. The zero-order valence-electron chi connectivity index (χ0n) is 26.5. The fraction of sp³-hybridized carbons (Fsp3) is 0.286. The van der Waals surface area contributed by atoms with Crippen molar-refractivity contribution < 1.29 is 40.7 Å². The molecular weight excluding hydrogens is 652 g/mol. The van der Waals surface area contributed by atoms with E-state index >= 15 is 8.78 Å². The van der Waals surface area contributed by atoms with Crippen LogP contribution >= 0.6 is 0 Å². The van der Waals surface area contributed by atoms with Gasteiger partial charge in [0, 0.05) is 48.4 Å². The van der Waals surface area contributed by atoms with Gasteiger partial charge in [0.1, 0.15) is 28.7 Å². The summed E-state index contributed by atoms with van der Waals surface area (Å²) in [6.07, 6.45) is -0.328. The number of imidazole rings is 1. The molecule has 2 aliphatic rings. The van der Waals surface area contributed by atoms with Crippen LogP contribution in [0.1, 0.15) is 52.8 Å². The minimum absolute atomic E-state index is 0.0390. The van der Waals surface area contributed by atoms with Crippen molar-refractivity contribution in [1.29, 1.82) is 0 Å². The molecule has 1 amide bonds. The van der Waals surface area contributed by atoms with Gasteiger partial charge >= 0.3 is 6.18 Å². The second-order valence-electron chi connectivity index (χ2n) is 12.6. The normalized spacial score (nSPS) is 15.5. The van der Waals surface area contributed by atoms with Gasteiger partial charge in [-0.25, -0.2) is 18.2 Å². The number of halogens is 6. The molecule has 14 heteroatoms. The lowest BCUT2D eigenvalue weighted by Gasteiger charge is -2.22. The number of carbonyl (C=O) groups excluding carboxylic acids is 2. The monoisotopic (exact) mass is 681 g/mol. The summed E-state index contributed by atoms with van der Waals surface area (Å²) in [7, 11) is 1.61. The summed E-state index contributed by atoms with van der Waals surface area (Å²) in [4.78, 5) is 30.6. The van der Waals surface area contributed by atoms with Gasteiger partial charge in [0.15, 0.2) is 11.6 Å². The summed E-state index contributed by atoms with van der Waals surface area (Å²) in [6.45, 7) is 3.61. The van der Waals surface area contributed by atoms with Gasteiger partial charge in [0.05, 0.1) is 28.9 Å². The average Bonchev–Trinajstić information content (AvgIpc) is 3.55. The van der Waals surface area contributed by atoms with Crippen molar-refractivity contribution in [3.63, 3.8) is 0 Å². The van der Waals surface area contributed by atoms with Crippen LogP contribution < -0.4 is 15.4 Å². The van der Waals surface area contributed by atoms with E-state index in [2.05, 4.69) is 10.3 Å². The summed E-state index contributed by atoms with van der Waals surface area (Å²) in [6, 6.07) is 6.85. The first kappa shape index (κ1) is 32.4. The Labute approximate surface area is 275 Å². The van der Waals surface area contributed by atoms with Crippen molar-refractivity contribution >= 4 is 33.9 Å². The number of pyridine rings is 1. The minimum Gasteiger partial charge on any atom is -0.490 e.